The second kappa shape index (κ2) is 13.9. The molecule has 0 aliphatic carbocycles. The van der Waals surface area contributed by atoms with E-state index in [4.69, 9.17) is 19.2 Å². The van der Waals surface area contributed by atoms with E-state index in [2.05, 4.69) is 6.92 Å². The highest BCUT2D eigenvalue weighted by Crippen LogP contribution is 2.38. The third kappa shape index (κ3) is 7.10. The number of carbonyl (C=O) groups excluding carboxylic acids is 2. The molecule has 3 rings (SSSR count). The number of hydrogen-bond donors (Lipinski definition) is 0. The highest BCUT2D eigenvalue weighted by atomic mass is 17.2. The van der Waals surface area contributed by atoms with Crippen molar-refractivity contribution in [3.05, 3.63) is 52.8 Å². The predicted octanol–water partition coefficient (Wildman–Crippen LogP) is 6.12. The maximum absolute atomic E-state index is 13.2. The zero-order valence-electron chi connectivity index (χ0n) is 21.3. The summed E-state index contributed by atoms with van der Waals surface area (Å²) in [5.41, 5.74) is 2.13. The molecule has 1 aliphatic heterocycles. The van der Waals surface area contributed by atoms with Gasteiger partial charge < -0.3 is 18.9 Å². The van der Waals surface area contributed by atoms with E-state index in [0.717, 1.165) is 18.4 Å². The smallest absolute Gasteiger partial charge is 0.359 e. The number of fused-ring (bicyclic) bond motifs is 1. The first-order chi connectivity index (χ1) is 17.1. The molecule has 1 aromatic heterocycles. The van der Waals surface area contributed by atoms with Crippen molar-refractivity contribution in [3.8, 4) is 5.75 Å². The minimum absolute atomic E-state index is 0.179. The molecular formula is C28H39NO6. The predicted molar refractivity (Wildman–Crippen MR) is 134 cm³/mol. The highest BCUT2D eigenvalue weighted by Gasteiger charge is 2.36. The third-order valence-corrected chi connectivity index (χ3v) is 6.34. The summed E-state index contributed by atoms with van der Waals surface area (Å²) in [4.78, 5) is 37.6. The number of unbranched alkanes of at least 4 members (excludes halogenated alkanes) is 5. The quantitative estimate of drug-likeness (QED) is 0.193. The minimum atomic E-state index is -0.548. The van der Waals surface area contributed by atoms with Gasteiger partial charge in [-0.3, -0.25) is 0 Å². The highest BCUT2D eigenvalue weighted by molar-refractivity contribution is 5.98. The van der Waals surface area contributed by atoms with Crippen LogP contribution in [0.3, 0.4) is 0 Å². The zero-order chi connectivity index (χ0) is 25.0. The molecule has 35 heavy (non-hydrogen) atoms. The second-order valence-corrected chi connectivity index (χ2v) is 9.01. The number of aromatic nitrogens is 1. The zero-order valence-corrected chi connectivity index (χ0v) is 21.3. The van der Waals surface area contributed by atoms with Crippen LogP contribution in [-0.4, -0.2) is 36.3 Å². The second-order valence-electron chi connectivity index (χ2n) is 9.01. The van der Waals surface area contributed by atoms with E-state index in [1.54, 1.807) is 18.4 Å². The first kappa shape index (κ1) is 26.8. The van der Waals surface area contributed by atoms with Gasteiger partial charge in [-0.05, 0) is 38.2 Å². The first-order valence-corrected chi connectivity index (χ1v) is 13.0. The van der Waals surface area contributed by atoms with Gasteiger partial charge in [0, 0.05) is 12.1 Å². The Bertz CT molecular complexity index is 952. The molecule has 1 aliphatic rings. The van der Waals surface area contributed by atoms with E-state index in [9.17, 15) is 9.59 Å². The van der Waals surface area contributed by atoms with Crippen molar-refractivity contribution < 1.29 is 28.8 Å². The Kier molecular flexibility index (Phi) is 10.7. The topological polar surface area (TPSA) is 76.0 Å². The van der Waals surface area contributed by atoms with Gasteiger partial charge in [0.1, 0.15) is 5.69 Å². The summed E-state index contributed by atoms with van der Waals surface area (Å²) in [6.07, 6.45) is 8.83. The molecule has 2 heterocycles. The number of ether oxygens (including phenoxy) is 2. The number of benzene rings is 1. The van der Waals surface area contributed by atoms with E-state index in [1.165, 1.54) is 32.1 Å². The molecule has 0 fully saturated rings. The van der Waals surface area contributed by atoms with Gasteiger partial charge in [0.2, 0.25) is 5.75 Å². The fourth-order valence-electron chi connectivity index (χ4n) is 4.62. The number of esters is 2. The Morgan fingerprint density at radius 1 is 0.914 bits per heavy atom. The van der Waals surface area contributed by atoms with Crippen LogP contribution in [0.1, 0.15) is 97.8 Å². The fraction of sp³-hybridized carbons (Fsp3) is 0.571. The van der Waals surface area contributed by atoms with Crippen molar-refractivity contribution in [2.45, 2.75) is 78.7 Å². The molecular weight excluding hydrogens is 446 g/mol. The van der Waals surface area contributed by atoms with Gasteiger partial charge >= 0.3 is 11.9 Å². The van der Waals surface area contributed by atoms with Crippen molar-refractivity contribution >= 4 is 11.9 Å². The molecule has 0 N–H and O–H groups in total. The van der Waals surface area contributed by atoms with E-state index in [0.29, 0.717) is 30.8 Å². The maximum atomic E-state index is 13.2. The normalized spacial score (nSPS) is 15.1. The van der Waals surface area contributed by atoms with E-state index in [-0.39, 0.29) is 30.6 Å². The number of hydrogen-bond acceptors (Lipinski definition) is 6. The minimum Gasteiger partial charge on any atom is -0.461 e. The van der Waals surface area contributed by atoms with E-state index >= 15 is 0 Å². The standard InChI is InChI=1S/C28H39NO6/c1-4-7-8-9-10-12-17-22-18-23-24(27(30)32-5-2)29(19-21-15-13-11-14-16-21)25(28(31)33-6-3)26(23)35-34-20-22/h11,13-16,22H,4-10,12,17-20H2,1-3H3. The Hall–Kier alpha value is -2.80. The molecule has 0 radical (unpaired) electrons. The van der Waals surface area contributed by atoms with Crippen LogP contribution in [0.15, 0.2) is 30.3 Å². The average molecular weight is 486 g/mol. The lowest BCUT2D eigenvalue weighted by Gasteiger charge is -2.16. The molecule has 7 nitrogen and oxygen atoms in total. The lowest BCUT2D eigenvalue weighted by atomic mass is 9.93. The average Bonchev–Trinajstić information content (AvgIpc) is 2.99. The van der Waals surface area contributed by atoms with Crippen LogP contribution < -0.4 is 4.89 Å². The summed E-state index contributed by atoms with van der Waals surface area (Å²) in [6.45, 7) is 6.90. The van der Waals surface area contributed by atoms with Crippen molar-refractivity contribution in [1.82, 2.24) is 4.57 Å². The molecule has 0 saturated carbocycles. The van der Waals surface area contributed by atoms with Crippen LogP contribution in [0, 0.1) is 5.92 Å². The molecule has 0 saturated heterocycles. The lowest BCUT2D eigenvalue weighted by molar-refractivity contribution is -0.212. The number of nitrogens with zero attached hydrogens (tertiary/aromatic N) is 1. The SMILES string of the molecule is CCCCCCCCC1COOc2c(c(C(=O)OCC)n(Cc3ccccc3)c2C(=O)OCC)C1. The summed E-state index contributed by atoms with van der Waals surface area (Å²) in [5, 5.41) is 0. The molecule has 1 unspecified atom stereocenters. The Balaban J connectivity index is 1.96. The summed E-state index contributed by atoms with van der Waals surface area (Å²) in [7, 11) is 0. The molecule has 1 atom stereocenters. The van der Waals surface area contributed by atoms with Gasteiger partial charge in [-0.2, -0.15) is 4.89 Å². The van der Waals surface area contributed by atoms with Gasteiger partial charge in [0.15, 0.2) is 5.69 Å². The summed E-state index contributed by atoms with van der Waals surface area (Å²) in [5.74, 6) is -0.571. The summed E-state index contributed by atoms with van der Waals surface area (Å²) >= 11 is 0. The van der Waals surface area contributed by atoms with Crippen molar-refractivity contribution in [1.29, 1.82) is 0 Å². The van der Waals surface area contributed by atoms with Crippen molar-refractivity contribution in [2.75, 3.05) is 19.8 Å². The lowest BCUT2D eigenvalue weighted by Crippen LogP contribution is -2.21. The third-order valence-electron chi connectivity index (χ3n) is 6.34. The van der Waals surface area contributed by atoms with Crippen LogP contribution in [0.25, 0.3) is 0 Å². The van der Waals surface area contributed by atoms with Crippen LogP contribution in [0.5, 0.6) is 5.75 Å². The first-order valence-electron chi connectivity index (χ1n) is 13.0. The van der Waals surface area contributed by atoms with Gasteiger partial charge in [-0.25, -0.2) is 9.59 Å². The van der Waals surface area contributed by atoms with Gasteiger partial charge in [-0.1, -0.05) is 75.8 Å². The van der Waals surface area contributed by atoms with Crippen LogP contribution in [0.4, 0.5) is 0 Å². The largest absolute Gasteiger partial charge is 0.461 e. The fourth-order valence-corrected chi connectivity index (χ4v) is 4.62. The molecule has 0 bridgehead atoms. The Morgan fingerprint density at radius 2 is 1.57 bits per heavy atom. The molecule has 0 spiro atoms. The molecule has 0 amide bonds. The molecule has 2 aromatic rings. The van der Waals surface area contributed by atoms with Gasteiger partial charge in [-0.15, -0.1) is 0 Å². The Labute approximate surface area is 208 Å². The van der Waals surface area contributed by atoms with E-state index in [1.807, 2.05) is 30.3 Å². The van der Waals surface area contributed by atoms with Gasteiger partial charge in [0.05, 0.1) is 19.8 Å². The van der Waals surface area contributed by atoms with Crippen molar-refractivity contribution in [3.63, 3.8) is 0 Å². The number of rotatable bonds is 13. The van der Waals surface area contributed by atoms with E-state index < -0.39 is 11.9 Å². The molecule has 192 valence electrons. The Morgan fingerprint density at radius 3 is 2.26 bits per heavy atom. The van der Waals surface area contributed by atoms with Crippen molar-refractivity contribution in [2.24, 2.45) is 5.92 Å². The van der Waals surface area contributed by atoms with Crippen LogP contribution >= 0.6 is 0 Å². The summed E-state index contributed by atoms with van der Waals surface area (Å²) < 4.78 is 12.5. The van der Waals surface area contributed by atoms with Crippen LogP contribution in [0.2, 0.25) is 0 Å². The summed E-state index contributed by atoms with van der Waals surface area (Å²) in [6, 6.07) is 9.68. The number of carbonyl (C=O) groups is 2. The molecule has 1 aromatic carbocycles. The maximum Gasteiger partial charge on any atom is 0.359 e. The monoisotopic (exact) mass is 485 g/mol. The molecule has 7 heteroatoms. The van der Waals surface area contributed by atoms with Crippen LogP contribution in [-0.2, 0) is 27.3 Å². The van der Waals surface area contributed by atoms with Gasteiger partial charge in [0.25, 0.3) is 0 Å².